The average Bonchev–Trinajstić information content (AvgIpc) is 3.23. The number of phenolic OH excluding ortho intramolecular Hbond substituents is 1. The number of rotatable bonds is 6. The summed E-state index contributed by atoms with van der Waals surface area (Å²) in [5, 5.41) is 13.9. The van der Waals surface area contributed by atoms with E-state index in [0.717, 1.165) is 44.0 Å². The summed E-state index contributed by atoms with van der Waals surface area (Å²) in [4.78, 5) is 27.0. The van der Waals surface area contributed by atoms with E-state index in [1.165, 1.54) is 18.7 Å². The summed E-state index contributed by atoms with van der Waals surface area (Å²) in [6, 6.07) is 3.68. The molecule has 2 fully saturated rings. The molecule has 1 saturated heterocycles. The Bertz CT molecular complexity index is 1160. The predicted molar refractivity (Wildman–Crippen MR) is 127 cm³/mol. The number of aromatic hydroxyl groups is 1. The third kappa shape index (κ3) is 2.64. The van der Waals surface area contributed by atoms with Gasteiger partial charge in [-0.05, 0) is 50.4 Å². The van der Waals surface area contributed by atoms with Crippen molar-refractivity contribution in [1.29, 1.82) is 0 Å². The van der Waals surface area contributed by atoms with Crippen molar-refractivity contribution in [2.24, 2.45) is 5.41 Å². The number of hydrogen-bond donors (Lipinski definition) is 2. The maximum atomic E-state index is 12.9. The van der Waals surface area contributed by atoms with Crippen LogP contribution in [0.5, 0.6) is 11.5 Å². The third-order valence-electron chi connectivity index (χ3n) is 9.32. The second-order valence-electron chi connectivity index (χ2n) is 10.5. The number of piperidine rings is 1. The molecule has 2 N–H and O–H groups in total. The Morgan fingerprint density at radius 1 is 1.29 bits per heavy atom. The number of hydrogen-bond acceptors (Lipinski definition) is 7. The van der Waals surface area contributed by atoms with Gasteiger partial charge >= 0.3 is 5.97 Å². The number of benzene rings is 1. The molecule has 4 aliphatic carbocycles. The molecule has 0 unspecified atom stereocenters. The first-order valence-electron chi connectivity index (χ1n) is 12.4. The second-order valence-corrected chi connectivity index (χ2v) is 10.5. The van der Waals surface area contributed by atoms with Gasteiger partial charge in [0.2, 0.25) is 5.91 Å². The average molecular weight is 481 g/mol. The van der Waals surface area contributed by atoms with E-state index in [9.17, 15) is 14.7 Å². The van der Waals surface area contributed by atoms with E-state index >= 15 is 0 Å². The second kappa shape index (κ2) is 7.58. The molecule has 0 radical (unpaired) electrons. The van der Waals surface area contributed by atoms with Gasteiger partial charge in [0.05, 0.1) is 18.6 Å². The molecule has 6 aliphatic rings. The van der Waals surface area contributed by atoms with Crippen LogP contribution in [0.15, 0.2) is 36.4 Å². The zero-order valence-corrected chi connectivity index (χ0v) is 20.4. The van der Waals surface area contributed by atoms with Crippen molar-refractivity contribution in [2.45, 2.75) is 61.8 Å². The minimum Gasteiger partial charge on any atom is -0.504 e. The van der Waals surface area contributed by atoms with E-state index in [1.54, 1.807) is 13.2 Å². The van der Waals surface area contributed by atoms with Crippen molar-refractivity contribution >= 4 is 11.9 Å². The van der Waals surface area contributed by atoms with Crippen LogP contribution in [0.3, 0.4) is 0 Å². The predicted octanol–water partition coefficient (Wildman–Crippen LogP) is 1.99. The zero-order chi connectivity index (χ0) is 24.6. The molecular weight excluding hydrogens is 448 g/mol. The summed E-state index contributed by atoms with van der Waals surface area (Å²) < 4.78 is 17.5. The van der Waals surface area contributed by atoms with E-state index in [4.69, 9.17) is 9.47 Å². The number of nitrogens with one attached hydrogen (secondary N) is 1. The fourth-order valence-corrected chi connectivity index (χ4v) is 8.08. The molecule has 2 heterocycles. The molecule has 8 nitrogen and oxygen atoms in total. The molecule has 35 heavy (non-hydrogen) atoms. The van der Waals surface area contributed by atoms with Gasteiger partial charge in [-0.3, -0.25) is 9.69 Å². The summed E-state index contributed by atoms with van der Waals surface area (Å²) in [6.07, 6.45) is 9.88. The molecule has 8 heteroatoms. The molecule has 1 amide bonds. The number of ether oxygens (including phenoxy) is 3. The first kappa shape index (κ1) is 22.6. The number of likely N-dealkylation sites (tertiary alicyclic amines) is 1. The number of methoxy groups -OCH3 is 2. The molecule has 2 spiro atoms. The number of phenols is 1. The highest BCUT2D eigenvalue weighted by Crippen LogP contribution is 2.73. The molecule has 1 aromatic rings. The molecule has 1 aromatic carbocycles. The molecule has 6 atom stereocenters. The van der Waals surface area contributed by atoms with Crippen LogP contribution in [-0.4, -0.2) is 73.0 Å². The minimum absolute atomic E-state index is 0.157. The lowest BCUT2D eigenvalue weighted by molar-refractivity contribution is -0.202. The Balaban J connectivity index is 1.49. The number of carbonyl (C=O) groups is 2. The van der Waals surface area contributed by atoms with Crippen molar-refractivity contribution in [3.8, 4) is 11.5 Å². The first-order valence-corrected chi connectivity index (χ1v) is 12.4. The number of carbonyl (C=O) groups excluding carboxylic acids is 2. The lowest BCUT2D eigenvalue weighted by Crippen LogP contribution is -2.82. The monoisotopic (exact) mass is 480 g/mol. The largest absolute Gasteiger partial charge is 0.504 e. The summed E-state index contributed by atoms with van der Waals surface area (Å²) >= 11 is 0. The molecule has 186 valence electrons. The van der Waals surface area contributed by atoms with Gasteiger partial charge in [-0.25, -0.2) is 4.79 Å². The van der Waals surface area contributed by atoms with Crippen LogP contribution >= 0.6 is 0 Å². The Kier molecular flexibility index (Phi) is 4.90. The smallest absolute Gasteiger partial charge is 0.330 e. The Morgan fingerprint density at radius 3 is 2.86 bits per heavy atom. The van der Waals surface area contributed by atoms with Crippen molar-refractivity contribution in [1.82, 2.24) is 10.2 Å². The van der Waals surface area contributed by atoms with Gasteiger partial charge in [0, 0.05) is 36.3 Å². The summed E-state index contributed by atoms with van der Waals surface area (Å²) in [7, 11) is 2.93. The van der Waals surface area contributed by atoms with E-state index < -0.39 is 11.6 Å². The van der Waals surface area contributed by atoms with Gasteiger partial charge in [-0.1, -0.05) is 25.1 Å². The van der Waals surface area contributed by atoms with Crippen LogP contribution in [0, 0.1) is 5.41 Å². The van der Waals surface area contributed by atoms with Gasteiger partial charge < -0.3 is 24.6 Å². The Morgan fingerprint density at radius 2 is 2.11 bits per heavy atom. The molecule has 4 bridgehead atoms. The number of nitrogens with zero attached hydrogens (tertiary/aromatic N) is 1. The number of esters is 1. The number of fused-ring (bicyclic) bond motifs is 1. The van der Waals surface area contributed by atoms with Gasteiger partial charge in [0.1, 0.15) is 11.7 Å². The van der Waals surface area contributed by atoms with Crippen LogP contribution in [0.25, 0.3) is 0 Å². The maximum Gasteiger partial charge on any atom is 0.330 e. The van der Waals surface area contributed by atoms with Gasteiger partial charge in [-0.2, -0.15) is 0 Å². The van der Waals surface area contributed by atoms with Gasteiger partial charge in [0.15, 0.2) is 11.5 Å². The standard InChI is InChI=1S/C27H32N2O6/c1-4-12-29-13-11-26-22-16-5-6-17(30)23(22)35-24(26)27(34-3)10-9-25(26,19(29)14-16)15-18(27)28-20(31)7-8-21(32)33-2/h5-10,18-19,24,30H,4,11-15H2,1-3H3,(H,28,31)/b8-7+/t18-,19+,24+,25+,26-,27+/m0/s1. The highest BCUT2D eigenvalue weighted by atomic mass is 16.6. The topological polar surface area (TPSA) is 97.3 Å². The van der Waals surface area contributed by atoms with Crippen LogP contribution < -0.4 is 10.1 Å². The van der Waals surface area contributed by atoms with Crippen LogP contribution in [0.1, 0.15) is 37.3 Å². The lowest BCUT2D eigenvalue weighted by atomic mass is 9.38. The molecule has 2 aliphatic heterocycles. The SMILES string of the molecule is CCCN1CC[C@]23c4c5ccc(O)c4O[C@H]2[C@@]2(OC)C=C[C@@]3(C[C@@H]2NC(=O)/C=C/C(=O)OC)[C@H]1C5. The normalized spacial score (nSPS) is 37.7. The molecule has 1 saturated carbocycles. The number of amides is 1. The van der Waals surface area contributed by atoms with Gasteiger partial charge in [-0.15, -0.1) is 0 Å². The highest BCUT2D eigenvalue weighted by Gasteiger charge is 2.79. The van der Waals surface area contributed by atoms with Crippen LogP contribution in [0.4, 0.5) is 0 Å². The maximum absolute atomic E-state index is 12.9. The van der Waals surface area contributed by atoms with E-state index in [2.05, 4.69) is 40.1 Å². The summed E-state index contributed by atoms with van der Waals surface area (Å²) in [6.45, 7) is 4.18. The van der Waals surface area contributed by atoms with E-state index in [0.29, 0.717) is 12.2 Å². The summed E-state index contributed by atoms with van der Waals surface area (Å²) in [5.41, 5.74) is 0.856. The van der Waals surface area contributed by atoms with Crippen molar-refractivity contribution in [3.05, 3.63) is 47.6 Å². The zero-order valence-electron chi connectivity index (χ0n) is 20.4. The van der Waals surface area contributed by atoms with E-state index in [-0.39, 0.29) is 40.7 Å². The van der Waals surface area contributed by atoms with E-state index in [1.807, 2.05) is 0 Å². The highest BCUT2D eigenvalue weighted by molar-refractivity contribution is 5.94. The fraction of sp³-hybridized carbons (Fsp3) is 0.556. The van der Waals surface area contributed by atoms with Gasteiger partial charge in [0.25, 0.3) is 0 Å². The Hall–Kier alpha value is -2.84. The quantitative estimate of drug-likeness (QED) is 0.365. The lowest BCUT2D eigenvalue weighted by Gasteiger charge is -2.71. The third-order valence-corrected chi connectivity index (χ3v) is 9.32. The summed E-state index contributed by atoms with van der Waals surface area (Å²) in [5.74, 6) is -0.237. The van der Waals surface area contributed by atoms with Crippen LogP contribution in [-0.2, 0) is 30.9 Å². The molecule has 7 rings (SSSR count). The first-order chi connectivity index (χ1) is 16.9. The molecule has 0 aromatic heterocycles. The minimum atomic E-state index is -0.909. The molecular formula is C27H32N2O6. The van der Waals surface area contributed by atoms with Crippen molar-refractivity contribution in [3.63, 3.8) is 0 Å². The van der Waals surface area contributed by atoms with Crippen molar-refractivity contribution in [2.75, 3.05) is 27.3 Å². The van der Waals surface area contributed by atoms with Crippen LogP contribution in [0.2, 0.25) is 0 Å². The van der Waals surface area contributed by atoms with Crippen molar-refractivity contribution < 1.29 is 28.9 Å². The Labute approximate surface area is 204 Å². The fourth-order valence-electron chi connectivity index (χ4n) is 8.08.